The van der Waals surface area contributed by atoms with Crippen LogP contribution in [0, 0.1) is 0 Å². The smallest absolute Gasteiger partial charge is 0.222 e. The fourth-order valence-corrected chi connectivity index (χ4v) is 5.16. The average molecular weight is 462 g/mol. The molecular weight excluding hydrogens is 430 g/mol. The Hall–Kier alpha value is -3.69. The maximum absolute atomic E-state index is 12.8. The van der Waals surface area contributed by atoms with Crippen molar-refractivity contribution in [2.45, 2.75) is 30.9 Å². The van der Waals surface area contributed by atoms with Gasteiger partial charge >= 0.3 is 0 Å². The maximum Gasteiger partial charge on any atom is 0.222 e. The summed E-state index contributed by atoms with van der Waals surface area (Å²) < 4.78 is 7.01. The second-order valence-electron chi connectivity index (χ2n) is 9.11. The SMILES string of the molecule is O=C1CCC(COC(c2ccccc2)(c2ccccc2)c2ccccc2)N1CCc1ccccc1. The first-order valence-corrected chi connectivity index (χ1v) is 12.4. The van der Waals surface area contributed by atoms with Gasteiger partial charge in [0.25, 0.3) is 0 Å². The fraction of sp³-hybridized carbons (Fsp3) is 0.219. The lowest BCUT2D eigenvalue weighted by Gasteiger charge is -2.38. The van der Waals surface area contributed by atoms with Crippen LogP contribution in [0.4, 0.5) is 0 Å². The quantitative estimate of drug-likeness (QED) is 0.277. The minimum Gasteiger partial charge on any atom is -0.359 e. The molecule has 0 aliphatic carbocycles. The van der Waals surface area contributed by atoms with E-state index in [0.29, 0.717) is 19.6 Å². The molecule has 0 saturated carbocycles. The lowest BCUT2D eigenvalue weighted by atomic mass is 9.80. The monoisotopic (exact) mass is 461 g/mol. The molecule has 1 heterocycles. The molecule has 0 spiro atoms. The van der Waals surface area contributed by atoms with Crippen LogP contribution in [0.1, 0.15) is 35.1 Å². The third-order valence-electron chi connectivity index (χ3n) is 6.97. The van der Waals surface area contributed by atoms with Crippen LogP contribution >= 0.6 is 0 Å². The van der Waals surface area contributed by atoms with E-state index in [0.717, 1.165) is 29.5 Å². The topological polar surface area (TPSA) is 29.5 Å². The van der Waals surface area contributed by atoms with Gasteiger partial charge in [0.1, 0.15) is 5.60 Å². The molecule has 0 bridgehead atoms. The minimum absolute atomic E-state index is 0.0572. The lowest BCUT2D eigenvalue weighted by molar-refractivity contribution is -0.130. The highest BCUT2D eigenvalue weighted by Crippen LogP contribution is 2.41. The first-order valence-electron chi connectivity index (χ1n) is 12.4. The van der Waals surface area contributed by atoms with Gasteiger partial charge in [-0.15, -0.1) is 0 Å². The number of carbonyl (C=O) groups excluding carboxylic acids is 1. The molecule has 1 aliphatic heterocycles. The molecule has 1 fully saturated rings. The largest absolute Gasteiger partial charge is 0.359 e. The number of likely N-dealkylation sites (tertiary alicyclic amines) is 1. The molecule has 4 aromatic rings. The van der Waals surface area contributed by atoms with Crippen LogP contribution in [0.25, 0.3) is 0 Å². The molecule has 1 unspecified atom stereocenters. The van der Waals surface area contributed by atoms with Crippen LogP contribution < -0.4 is 0 Å². The van der Waals surface area contributed by atoms with Gasteiger partial charge in [0.2, 0.25) is 5.91 Å². The van der Waals surface area contributed by atoms with E-state index < -0.39 is 5.60 Å². The van der Waals surface area contributed by atoms with Crippen molar-refractivity contribution in [2.75, 3.05) is 13.2 Å². The molecule has 1 amide bonds. The van der Waals surface area contributed by atoms with Gasteiger partial charge < -0.3 is 9.64 Å². The number of benzene rings is 4. The predicted molar refractivity (Wildman–Crippen MR) is 140 cm³/mol. The van der Waals surface area contributed by atoms with Gasteiger partial charge in [0.05, 0.1) is 12.6 Å². The molecule has 35 heavy (non-hydrogen) atoms. The Morgan fingerprint density at radius 1 is 0.686 bits per heavy atom. The Morgan fingerprint density at radius 3 is 1.63 bits per heavy atom. The third kappa shape index (κ3) is 4.91. The van der Waals surface area contributed by atoms with Crippen LogP contribution in [0.15, 0.2) is 121 Å². The van der Waals surface area contributed by atoms with E-state index in [1.54, 1.807) is 0 Å². The number of nitrogens with zero attached hydrogens (tertiary/aromatic N) is 1. The van der Waals surface area contributed by atoms with Gasteiger partial charge in [-0.1, -0.05) is 121 Å². The molecule has 4 aromatic carbocycles. The van der Waals surface area contributed by atoms with Gasteiger partial charge in [0.15, 0.2) is 0 Å². The van der Waals surface area contributed by atoms with Crippen molar-refractivity contribution in [2.24, 2.45) is 0 Å². The highest BCUT2D eigenvalue weighted by Gasteiger charge is 2.40. The van der Waals surface area contributed by atoms with Gasteiger partial charge in [-0.05, 0) is 35.1 Å². The summed E-state index contributed by atoms with van der Waals surface area (Å²) in [6.45, 7) is 1.19. The molecule has 1 atom stereocenters. The van der Waals surface area contributed by atoms with E-state index in [2.05, 4.69) is 97.1 Å². The molecule has 3 nitrogen and oxygen atoms in total. The first-order chi connectivity index (χ1) is 17.3. The molecule has 1 aliphatic rings. The minimum atomic E-state index is -0.763. The zero-order valence-corrected chi connectivity index (χ0v) is 19.9. The summed E-state index contributed by atoms with van der Waals surface area (Å²) in [5, 5.41) is 0. The second-order valence-corrected chi connectivity index (χ2v) is 9.11. The van der Waals surface area contributed by atoms with Crippen LogP contribution in [0.2, 0.25) is 0 Å². The van der Waals surface area contributed by atoms with E-state index >= 15 is 0 Å². The Morgan fingerprint density at radius 2 is 1.14 bits per heavy atom. The molecule has 0 aromatic heterocycles. The van der Waals surface area contributed by atoms with E-state index in [4.69, 9.17) is 4.74 Å². The Labute approximate surface area is 208 Å². The van der Waals surface area contributed by atoms with E-state index in [9.17, 15) is 4.79 Å². The molecule has 0 radical (unpaired) electrons. The van der Waals surface area contributed by atoms with Crippen LogP contribution in [-0.2, 0) is 21.6 Å². The average Bonchev–Trinajstić information content (AvgIpc) is 3.29. The van der Waals surface area contributed by atoms with Crippen LogP contribution in [-0.4, -0.2) is 30.0 Å². The fourth-order valence-electron chi connectivity index (χ4n) is 5.16. The molecule has 176 valence electrons. The van der Waals surface area contributed by atoms with Crippen molar-refractivity contribution in [3.8, 4) is 0 Å². The van der Waals surface area contributed by atoms with Gasteiger partial charge in [-0.3, -0.25) is 4.79 Å². The summed E-state index contributed by atoms with van der Waals surface area (Å²) in [5.74, 6) is 0.222. The summed E-state index contributed by atoms with van der Waals surface area (Å²) in [7, 11) is 0. The summed E-state index contributed by atoms with van der Waals surface area (Å²) in [4.78, 5) is 14.8. The number of rotatable bonds is 9. The zero-order valence-electron chi connectivity index (χ0n) is 19.9. The van der Waals surface area contributed by atoms with Crippen molar-refractivity contribution in [1.82, 2.24) is 4.90 Å². The number of ether oxygens (including phenoxy) is 1. The van der Waals surface area contributed by atoms with Crippen molar-refractivity contribution < 1.29 is 9.53 Å². The van der Waals surface area contributed by atoms with E-state index in [-0.39, 0.29) is 11.9 Å². The van der Waals surface area contributed by atoms with E-state index in [1.165, 1.54) is 5.56 Å². The van der Waals surface area contributed by atoms with Crippen LogP contribution in [0.5, 0.6) is 0 Å². The zero-order chi connectivity index (χ0) is 23.9. The number of carbonyl (C=O) groups is 1. The molecule has 5 rings (SSSR count). The van der Waals surface area contributed by atoms with Crippen molar-refractivity contribution in [3.05, 3.63) is 144 Å². The number of amides is 1. The molecule has 1 saturated heterocycles. The van der Waals surface area contributed by atoms with Crippen LogP contribution in [0.3, 0.4) is 0 Å². The Bertz CT molecular complexity index is 1110. The van der Waals surface area contributed by atoms with Gasteiger partial charge in [0, 0.05) is 13.0 Å². The van der Waals surface area contributed by atoms with Crippen molar-refractivity contribution >= 4 is 5.91 Å². The van der Waals surface area contributed by atoms with Gasteiger partial charge in [-0.25, -0.2) is 0 Å². The normalized spacial score (nSPS) is 15.9. The van der Waals surface area contributed by atoms with Gasteiger partial charge in [-0.2, -0.15) is 0 Å². The van der Waals surface area contributed by atoms with Crippen molar-refractivity contribution in [3.63, 3.8) is 0 Å². The first kappa shape index (κ1) is 23.1. The van der Waals surface area contributed by atoms with Crippen molar-refractivity contribution in [1.29, 1.82) is 0 Å². The maximum atomic E-state index is 12.8. The summed E-state index contributed by atoms with van der Waals surface area (Å²) >= 11 is 0. The predicted octanol–water partition coefficient (Wildman–Crippen LogP) is 6.23. The highest BCUT2D eigenvalue weighted by molar-refractivity contribution is 5.78. The molecule has 3 heteroatoms. The Kier molecular flexibility index (Phi) is 7.06. The Balaban J connectivity index is 1.47. The number of hydrogen-bond donors (Lipinski definition) is 0. The molecule has 0 N–H and O–H groups in total. The lowest BCUT2D eigenvalue weighted by Crippen LogP contribution is -2.41. The summed E-state index contributed by atoms with van der Waals surface area (Å²) in [6.07, 6.45) is 2.25. The highest BCUT2D eigenvalue weighted by atomic mass is 16.5. The molecular formula is C32H31NO2. The number of hydrogen-bond acceptors (Lipinski definition) is 2. The summed E-state index contributed by atoms with van der Waals surface area (Å²) in [5.41, 5.74) is 3.73. The summed E-state index contributed by atoms with van der Waals surface area (Å²) in [6, 6.07) is 41.7. The van der Waals surface area contributed by atoms with E-state index in [1.807, 2.05) is 29.2 Å². The standard InChI is InChI=1S/C32H31NO2/c34-31-22-21-30(33(31)24-23-26-13-5-1-6-14-26)25-35-32(27-15-7-2-8-16-27,28-17-9-3-10-18-28)29-19-11-4-12-20-29/h1-20,30H,21-25H2. The second kappa shape index (κ2) is 10.7. The third-order valence-corrected chi connectivity index (χ3v) is 6.97.